The lowest BCUT2D eigenvalue weighted by molar-refractivity contribution is -0.130. The number of anilines is 1. The number of carbonyl (C=O) groups excluding carboxylic acids is 1. The molecule has 0 saturated heterocycles. The van der Waals surface area contributed by atoms with Gasteiger partial charge in [0.2, 0.25) is 5.91 Å². The molecule has 1 atom stereocenters. The van der Waals surface area contributed by atoms with Crippen LogP contribution in [-0.4, -0.2) is 42.1 Å². The van der Waals surface area contributed by atoms with Gasteiger partial charge in [-0.25, -0.2) is 0 Å². The van der Waals surface area contributed by atoms with Crippen LogP contribution in [0.1, 0.15) is 5.69 Å². The number of carbonyl (C=O) groups is 1. The maximum absolute atomic E-state index is 12.3. The molecule has 128 valence electrons. The van der Waals surface area contributed by atoms with Crippen molar-refractivity contribution >= 4 is 24.0 Å². The second-order valence-electron chi connectivity index (χ2n) is 5.53. The molecule has 3 rings (SSSR count). The fourth-order valence-corrected chi connectivity index (χ4v) is 2.39. The molecule has 24 heavy (non-hydrogen) atoms. The summed E-state index contributed by atoms with van der Waals surface area (Å²) >= 11 is 0. The Morgan fingerprint density at radius 1 is 1.29 bits per heavy atom. The molecule has 1 amide bonds. The van der Waals surface area contributed by atoms with Gasteiger partial charge in [0, 0.05) is 12.7 Å². The highest BCUT2D eigenvalue weighted by Crippen LogP contribution is 2.30. The first kappa shape index (κ1) is 17.9. The van der Waals surface area contributed by atoms with Crippen LogP contribution in [-0.2, 0) is 11.2 Å². The Hall–Kier alpha value is -2.47. The zero-order chi connectivity index (χ0) is 16.2. The van der Waals surface area contributed by atoms with Crippen molar-refractivity contribution in [1.82, 2.24) is 9.88 Å². The van der Waals surface area contributed by atoms with E-state index in [9.17, 15) is 4.79 Å². The number of aromatic nitrogens is 1. The van der Waals surface area contributed by atoms with Crippen molar-refractivity contribution < 1.29 is 14.3 Å². The molecule has 1 aliphatic heterocycles. The number of fused-ring (bicyclic) bond motifs is 1. The number of halogens is 1. The van der Waals surface area contributed by atoms with Gasteiger partial charge >= 0.3 is 0 Å². The van der Waals surface area contributed by atoms with E-state index in [-0.39, 0.29) is 30.8 Å². The maximum Gasteiger partial charge on any atom is 0.228 e. The van der Waals surface area contributed by atoms with Crippen LogP contribution in [0.2, 0.25) is 0 Å². The molecule has 6 nitrogen and oxygen atoms in total. The van der Waals surface area contributed by atoms with Crippen molar-refractivity contribution in [3.63, 3.8) is 0 Å². The third kappa shape index (κ3) is 4.29. The minimum Gasteiger partial charge on any atom is -0.486 e. The predicted octanol–water partition coefficient (Wildman–Crippen LogP) is 1.93. The lowest BCUT2D eigenvalue weighted by Gasteiger charge is -2.29. The summed E-state index contributed by atoms with van der Waals surface area (Å²) in [4.78, 5) is 18.1. The van der Waals surface area contributed by atoms with Crippen molar-refractivity contribution in [3.8, 4) is 11.5 Å². The quantitative estimate of drug-likeness (QED) is 0.912. The first-order valence-electron chi connectivity index (χ1n) is 7.44. The molecule has 1 aliphatic rings. The topological polar surface area (TPSA) is 77.7 Å². The van der Waals surface area contributed by atoms with Crippen LogP contribution in [0, 0.1) is 0 Å². The summed E-state index contributed by atoms with van der Waals surface area (Å²) in [5.74, 6) is 1.43. The highest BCUT2D eigenvalue weighted by molar-refractivity contribution is 5.85. The zero-order valence-corrected chi connectivity index (χ0v) is 14.2. The Kier molecular flexibility index (Phi) is 5.87. The van der Waals surface area contributed by atoms with Crippen LogP contribution < -0.4 is 15.2 Å². The summed E-state index contributed by atoms with van der Waals surface area (Å²) in [6, 6.07) is 11.0. The third-order valence-electron chi connectivity index (χ3n) is 3.65. The minimum absolute atomic E-state index is 0. The van der Waals surface area contributed by atoms with Gasteiger partial charge in [0.15, 0.2) is 17.6 Å². The lowest BCUT2D eigenvalue weighted by Crippen LogP contribution is -2.42. The number of ether oxygens (including phenoxy) is 2. The molecule has 0 radical (unpaired) electrons. The lowest BCUT2D eigenvalue weighted by atomic mass is 10.2. The van der Waals surface area contributed by atoms with Gasteiger partial charge in [-0.15, -0.1) is 12.4 Å². The Labute approximate surface area is 147 Å². The Bertz CT molecular complexity index is 694. The van der Waals surface area contributed by atoms with E-state index in [0.717, 1.165) is 5.75 Å². The van der Waals surface area contributed by atoms with Crippen LogP contribution in [0.4, 0.5) is 5.69 Å². The predicted molar refractivity (Wildman–Crippen MR) is 93.6 cm³/mol. The molecule has 2 N–H and O–H groups in total. The second kappa shape index (κ2) is 7.88. The van der Waals surface area contributed by atoms with E-state index in [1.54, 1.807) is 30.3 Å². The first-order chi connectivity index (χ1) is 11.1. The van der Waals surface area contributed by atoms with E-state index >= 15 is 0 Å². The van der Waals surface area contributed by atoms with Crippen LogP contribution in [0.5, 0.6) is 11.5 Å². The van der Waals surface area contributed by atoms with Crippen molar-refractivity contribution in [3.05, 3.63) is 48.3 Å². The van der Waals surface area contributed by atoms with Gasteiger partial charge in [0.05, 0.1) is 24.8 Å². The molecular formula is C17H20ClN3O3. The van der Waals surface area contributed by atoms with Gasteiger partial charge in [-0.1, -0.05) is 12.1 Å². The molecule has 1 aromatic carbocycles. The third-order valence-corrected chi connectivity index (χ3v) is 3.65. The number of rotatable bonds is 4. The molecule has 1 unspecified atom stereocenters. The number of nitrogen functional groups attached to an aromatic ring is 1. The summed E-state index contributed by atoms with van der Waals surface area (Å²) in [7, 11) is 1.75. The van der Waals surface area contributed by atoms with Gasteiger partial charge < -0.3 is 20.1 Å². The van der Waals surface area contributed by atoms with Crippen LogP contribution >= 0.6 is 12.4 Å². The van der Waals surface area contributed by atoms with Crippen LogP contribution in [0.25, 0.3) is 0 Å². The summed E-state index contributed by atoms with van der Waals surface area (Å²) < 4.78 is 11.5. The van der Waals surface area contributed by atoms with Gasteiger partial charge in [-0.05, 0) is 24.3 Å². The van der Waals surface area contributed by atoms with Gasteiger partial charge in [0.1, 0.15) is 6.61 Å². The van der Waals surface area contributed by atoms with E-state index in [1.807, 2.05) is 24.3 Å². The average molecular weight is 350 g/mol. The van der Waals surface area contributed by atoms with Gasteiger partial charge in [0.25, 0.3) is 0 Å². The molecule has 0 bridgehead atoms. The fraction of sp³-hybridized carbons (Fsp3) is 0.294. The Morgan fingerprint density at radius 2 is 2.04 bits per heavy atom. The number of nitrogens with two attached hydrogens (primary N) is 1. The van der Waals surface area contributed by atoms with E-state index in [2.05, 4.69) is 4.98 Å². The molecule has 7 heteroatoms. The van der Waals surface area contributed by atoms with E-state index in [0.29, 0.717) is 30.3 Å². The largest absolute Gasteiger partial charge is 0.486 e. The van der Waals surface area contributed by atoms with Crippen molar-refractivity contribution in [2.24, 2.45) is 0 Å². The number of hydrogen-bond donors (Lipinski definition) is 1. The highest BCUT2D eigenvalue weighted by atomic mass is 35.5. The minimum atomic E-state index is -0.182. The Balaban J connectivity index is 0.00000208. The molecular weight excluding hydrogens is 330 g/mol. The number of pyridine rings is 1. The molecule has 2 aromatic rings. The molecule has 0 saturated carbocycles. The summed E-state index contributed by atoms with van der Waals surface area (Å²) in [5, 5.41) is 0. The summed E-state index contributed by atoms with van der Waals surface area (Å²) in [5.41, 5.74) is 6.87. The first-order valence-corrected chi connectivity index (χ1v) is 7.44. The van der Waals surface area contributed by atoms with Gasteiger partial charge in [-0.2, -0.15) is 0 Å². The standard InChI is InChI=1S/C17H19N3O3.ClH/c1-20(17(21)8-13-7-6-12(18)9-19-13)10-14-11-22-15-4-2-3-5-16(15)23-14;/h2-7,9,14H,8,10-11,18H2,1H3;1H. The number of hydrogen-bond acceptors (Lipinski definition) is 5. The smallest absolute Gasteiger partial charge is 0.228 e. The van der Waals surface area contributed by atoms with E-state index < -0.39 is 0 Å². The van der Waals surface area contributed by atoms with Crippen LogP contribution in [0.15, 0.2) is 42.6 Å². The Morgan fingerprint density at radius 3 is 2.75 bits per heavy atom. The van der Waals surface area contributed by atoms with Crippen LogP contribution in [0.3, 0.4) is 0 Å². The highest BCUT2D eigenvalue weighted by Gasteiger charge is 2.23. The van der Waals surface area contributed by atoms with Crippen molar-refractivity contribution in [2.45, 2.75) is 12.5 Å². The van der Waals surface area contributed by atoms with Crippen molar-refractivity contribution in [1.29, 1.82) is 0 Å². The summed E-state index contributed by atoms with van der Waals surface area (Å²) in [6.45, 7) is 0.886. The average Bonchev–Trinajstić information content (AvgIpc) is 2.56. The second-order valence-corrected chi connectivity index (χ2v) is 5.53. The van der Waals surface area contributed by atoms with E-state index in [1.165, 1.54) is 0 Å². The SMILES string of the molecule is CN(CC1COc2ccccc2O1)C(=O)Cc1ccc(N)cn1.Cl. The van der Waals surface area contributed by atoms with E-state index in [4.69, 9.17) is 15.2 Å². The molecule has 2 heterocycles. The number of para-hydroxylation sites is 2. The monoisotopic (exact) mass is 349 g/mol. The molecule has 1 aromatic heterocycles. The number of nitrogens with zero attached hydrogens (tertiary/aromatic N) is 2. The normalized spacial score (nSPS) is 15.3. The zero-order valence-electron chi connectivity index (χ0n) is 13.3. The van der Waals surface area contributed by atoms with Crippen molar-refractivity contribution in [2.75, 3.05) is 25.9 Å². The fourth-order valence-electron chi connectivity index (χ4n) is 2.39. The molecule has 0 spiro atoms. The maximum atomic E-state index is 12.3. The van der Waals surface area contributed by atoms with Gasteiger partial charge in [-0.3, -0.25) is 9.78 Å². The number of likely N-dealkylation sites (N-methyl/N-ethyl adjacent to an activating group) is 1. The molecule has 0 fully saturated rings. The summed E-state index contributed by atoms with van der Waals surface area (Å²) in [6.07, 6.45) is 1.61. The number of benzene rings is 1. The molecule has 0 aliphatic carbocycles. The number of amides is 1.